The Morgan fingerprint density at radius 3 is 2.86 bits per heavy atom. The van der Waals surface area contributed by atoms with Crippen LogP contribution in [-0.2, 0) is 0 Å². The van der Waals surface area contributed by atoms with Crippen LogP contribution >= 0.6 is 45.2 Å². The van der Waals surface area contributed by atoms with Crippen LogP contribution in [0.1, 0.15) is 24.4 Å². The quantitative estimate of drug-likeness (QED) is 0.519. The van der Waals surface area contributed by atoms with Crippen molar-refractivity contribution in [2.45, 2.75) is 18.9 Å². The molecule has 0 aliphatic carbocycles. The zero-order chi connectivity index (χ0) is 10.1. The monoisotopic (exact) mass is 414 g/mol. The van der Waals surface area contributed by atoms with E-state index in [0.717, 1.165) is 3.70 Å². The van der Waals surface area contributed by atoms with Crippen LogP contribution in [0.25, 0.3) is 0 Å². The van der Waals surface area contributed by atoms with Crippen molar-refractivity contribution in [3.63, 3.8) is 0 Å². The summed E-state index contributed by atoms with van der Waals surface area (Å²) < 4.78 is 2.37. The Bertz CT molecular complexity index is 341. The van der Waals surface area contributed by atoms with E-state index >= 15 is 0 Å². The van der Waals surface area contributed by atoms with Gasteiger partial charge in [-0.05, 0) is 83.2 Å². The van der Waals surface area contributed by atoms with Gasteiger partial charge in [0.05, 0.1) is 0 Å². The summed E-state index contributed by atoms with van der Waals surface area (Å²) in [6.07, 6.45) is 4.61. The van der Waals surface area contributed by atoms with Gasteiger partial charge in [-0.15, -0.1) is 0 Å². The molecule has 76 valence electrons. The summed E-state index contributed by atoms with van der Waals surface area (Å²) in [6, 6.07) is 2.86. The molecule has 1 fully saturated rings. The maximum absolute atomic E-state index is 4.41. The fourth-order valence-electron chi connectivity index (χ4n) is 1.95. The molecule has 1 saturated heterocycles. The van der Waals surface area contributed by atoms with E-state index in [1.165, 1.54) is 28.5 Å². The molecule has 0 bridgehead atoms. The molecule has 0 aromatic carbocycles. The molecular formula is C10H12I2N2. The van der Waals surface area contributed by atoms with Gasteiger partial charge >= 0.3 is 0 Å². The molecule has 4 heteroatoms. The van der Waals surface area contributed by atoms with E-state index in [9.17, 15) is 0 Å². The topological polar surface area (TPSA) is 16.1 Å². The van der Waals surface area contributed by atoms with Crippen molar-refractivity contribution in [3.05, 3.63) is 25.1 Å². The Kier molecular flexibility index (Phi) is 3.64. The molecule has 14 heavy (non-hydrogen) atoms. The van der Waals surface area contributed by atoms with Gasteiger partial charge in [-0.1, -0.05) is 0 Å². The molecule has 1 aromatic rings. The third-order valence-corrected chi connectivity index (χ3v) is 5.44. The highest BCUT2D eigenvalue weighted by molar-refractivity contribution is 14.1. The minimum absolute atomic E-state index is 0.591. The van der Waals surface area contributed by atoms with E-state index < -0.39 is 0 Å². The van der Waals surface area contributed by atoms with Gasteiger partial charge in [0.1, 0.15) is 3.70 Å². The molecule has 0 N–H and O–H groups in total. The van der Waals surface area contributed by atoms with Crippen molar-refractivity contribution in [2.75, 3.05) is 13.6 Å². The predicted molar refractivity (Wildman–Crippen MR) is 74.3 cm³/mol. The van der Waals surface area contributed by atoms with Gasteiger partial charge in [-0.2, -0.15) is 0 Å². The van der Waals surface area contributed by atoms with E-state index in [2.05, 4.69) is 68.2 Å². The molecule has 1 aromatic heterocycles. The van der Waals surface area contributed by atoms with Gasteiger partial charge < -0.3 is 0 Å². The van der Waals surface area contributed by atoms with Crippen molar-refractivity contribution in [1.82, 2.24) is 9.88 Å². The molecule has 2 heterocycles. The number of aromatic nitrogens is 1. The van der Waals surface area contributed by atoms with Gasteiger partial charge in [0, 0.05) is 15.8 Å². The second-order valence-electron chi connectivity index (χ2n) is 3.68. The van der Waals surface area contributed by atoms with Crippen LogP contribution in [0, 0.1) is 7.27 Å². The van der Waals surface area contributed by atoms with Crippen molar-refractivity contribution in [3.8, 4) is 0 Å². The first-order valence-electron chi connectivity index (χ1n) is 4.69. The number of halogens is 2. The Hall–Kier alpha value is 0.570. The van der Waals surface area contributed by atoms with E-state index in [1.807, 2.05) is 6.20 Å². The first kappa shape index (κ1) is 11.1. The van der Waals surface area contributed by atoms with E-state index in [0.29, 0.717) is 6.04 Å². The van der Waals surface area contributed by atoms with Crippen LogP contribution in [0.2, 0.25) is 0 Å². The van der Waals surface area contributed by atoms with Crippen molar-refractivity contribution in [2.24, 2.45) is 0 Å². The Balaban J connectivity index is 2.28. The Labute approximate surface area is 112 Å². The first-order chi connectivity index (χ1) is 6.68. The lowest BCUT2D eigenvalue weighted by atomic mass is 10.1. The van der Waals surface area contributed by atoms with Gasteiger partial charge in [0.2, 0.25) is 0 Å². The van der Waals surface area contributed by atoms with E-state index in [-0.39, 0.29) is 0 Å². The van der Waals surface area contributed by atoms with Crippen LogP contribution in [0.15, 0.2) is 12.3 Å². The second-order valence-corrected chi connectivity index (χ2v) is 5.86. The molecule has 0 spiro atoms. The van der Waals surface area contributed by atoms with Crippen LogP contribution in [0.3, 0.4) is 0 Å². The van der Waals surface area contributed by atoms with Crippen molar-refractivity contribution < 1.29 is 0 Å². The summed E-state index contributed by atoms with van der Waals surface area (Å²) in [5.74, 6) is 0. The molecule has 1 aliphatic rings. The van der Waals surface area contributed by atoms with Gasteiger partial charge in [-0.25, -0.2) is 4.98 Å². The highest BCUT2D eigenvalue weighted by atomic mass is 127. The molecule has 2 rings (SSSR count). The molecule has 0 radical (unpaired) electrons. The molecule has 1 atom stereocenters. The summed E-state index contributed by atoms with van der Waals surface area (Å²) in [5.41, 5.74) is 1.37. The minimum Gasteiger partial charge on any atom is -0.299 e. The lowest BCUT2D eigenvalue weighted by Gasteiger charge is -2.19. The molecule has 1 unspecified atom stereocenters. The number of hydrogen-bond acceptors (Lipinski definition) is 2. The lowest BCUT2D eigenvalue weighted by Crippen LogP contribution is -2.17. The standard InChI is InChI=1S/C10H12I2N2/c1-14-4-2-3-9(14)7-5-8(11)10(12)13-6-7/h5-6,9H,2-4H2,1H3. The van der Waals surface area contributed by atoms with Gasteiger partial charge in [0.25, 0.3) is 0 Å². The maximum atomic E-state index is 4.41. The molecular weight excluding hydrogens is 402 g/mol. The normalized spacial score (nSPS) is 22.9. The third kappa shape index (κ3) is 2.21. The Morgan fingerprint density at radius 2 is 2.29 bits per heavy atom. The fourth-order valence-corrected chi connectivity index (χ4v) is 2.74. The number of likely N-dealkylation sites (tertiary alicyclic amines) is 1. The fraction of sp³-hybridized carbons (Fsp3) is 0.500. The lowest BCUT2D eigenvalue weighted by molar-refractivity contribution is 0.317. The number of pyridine rings is 1. The summed E-state index contributed by atoms with van der Waals surface area (Å²) in [5, 5.41) is 0. The highest BCUT2D eigenvalue weighted by Crippen LogP contribution is 2.31. The van der Waals surface area contributed by atoms with E-state index in [1.54, 1.807) is 0 Å². The van der Waals surface area contributed by atoms with Crippen LogP contribution < -0.4 is 0 Å². The number of nitrogens with zero attached hydrogens (tertiary/aromatic N) is 2. The SMILES string of the molecule is CN1CCCC1c1cnc(I)c(I)c1. The smallest absolute Gasteiger partial charge is 0.114 e. The van der Waals surface area contributed by atoms with Crippen LogP contribution in [-0.4, -0.2) is 23.5 Å². The predicted octanol–water partition coefficient (Wildman–Crippen LogP) is 3.06. The number of rotatable bonds is 1. The summed E-state index contributed by atoms with van der Waals surface area (Å²) in [6.45, 7) is 1.22. The largest absolute Gasteiger partial charge is 0.299 e. The van der Waals surface area contributed by atoms with Crippen LogP contribution in [0.5, 0.6) is 0 Å². The zero-order valence-corrected chi connectivity index (χ0v) is 12.3. The average molecular weight is 414 g/mol. The molecule has 2 nitrogen and oxygen atoms in total. The van der Waals surface area contributed by atoms with Crippen molar-refractivity contribution >= 4 is 45.2 Å². The summed E-state index contributed by atoms with van der Waals surface area (Å²) in [7, 11) is 2.20. The molecule has 0 amide bonds. The van der Waals surface area contributed by atoms with Gasteiger partial charge in [0.15, 0.2) is 0 Å². The highest BCUT2D eigenvalue weighted by Gasteiger charge is 2.23. The minimum atomic E-state index is 0.591. The van der Waals surface area contributed by atoms with Crippen LogP contribution in [0.4, 0.5) is 0 Å². The molecule has 0 saturated carbocycles. The second kappa shape index (κ2) is 4.61. The summed E-state index contributed by atoms with van der Waals surface area (Å²) >= 11 is 4.63. The first-order valence-corrected chi connectivity index (χ1v) is 6.85. The zero-order valence-electron chi connectivity index (χ0n) is 8.00. The average Bonchev–Trinajstić information content (AvgIpc) is 2.57. The maximum Gasteiger partial charge on any atom is 0.114 e. The molecule has 1 aliphatic heterocycles. The third-order valence-electron chi connectivity index (χ3n) is 2.72. The van der Waals surface area contributed by atoms with E-state index in [4.69, 9.17) is 0 Å². The van der Waals surface area contributed by atoms with Gasteiger partial charge in [-0.3, -0.25) is 4.90 Å². The van der Waals surface area contributed by atoms with Crippen molar-refractivity contribution in [1.29, 1.82) is 0 Å². The number of hydrogen-bond donors (Lipinski definition) is 0. The summed E-state index contributed by atoms with van der Waals surface area (Å²) in [4.78, 5) is 6.83. The Morgan fingerprint density at radius 1 is 1.50 bits per heavy atom.